The molecular formula is C23H24N4O2S. The molecule has 0 saturated carbocycles. The SMILES string of the molecule is c1ccc(-c2ncoc2-c2ccc3nc(NCCCN4CCOCC4)sc3c2)cc1. The van der Waals surface area contributed by atoms with Crippen LogP contribution in [0, 0.1) is 0 Å². The van der Waals surface area contributed by atoms with Crippen LogP contribution in [-0.4, -0.2) is 54.3 Å². The Morgan fingerprint density at radius 1 is 1.03 bits per heavy atom. The molecular weight excluding hydrogens is 396 g/mol. The maximum atomic E-state index is 5.74. The number of morpholine rings is 1. The average molecular weight is 421 g/mol. The van der Waals surface area contributed by atoms with E-state index in [0.29, 0.717) is 0 Å². The highest BCUT2D eigenvalue weighted by molar-refractivity contribution is 7.22. The molecule has 0 aliphatic carbocycles. The van der Waals surface area contributed by atoms with Crippen LogP contribution in [0.3, 0.4) is 0 Å². The highest BCUT2D eigenvalue weighted by Crippen LogP contribution is 2.35. The number of ether oxygens (including phenoxy) is 1. The third-order valence-corrected chi connectivity index (χ3v) is 6.27. The molecule has 1 aliphatic rings. The minimum Gasteiger partial charge on any atom is -0.443 e. The Morgan fingerprint density at radius 3 is 2.77 bits per heavy atom. The molecule has 6 nitrogen and oxygen atoms in total. The molecule has 0 unspecified atom stereocenters. The van der Waals surface area contributed by atoms with Gasteiger partial charge in [0.05, 0.1) is 23.4 Å². The van der Waals surface area contributed by atoms with Crippen LogP contribution in [0.5, 0.6) is 0 Å². The average Bonchev–Trinajstić information content (AvgIpc) is 3.44. The van der Waals surface area contributed by atoms with E-state index in [2.05, 4.69) is 33.4 Å². The molecule has 154 valence electrons. The van der Waals surface area contributed by atoms with E-state index in [1.54, 1.807) is 11.3 Å². The van der Waals surface area contributed by atoms with Crippen molar-refractivity contribution in [1.82, 2.24) is 14.9 Å². The van der Waals surface area contributed by atoms with Gasteiger partial charge in [0.25, 0.3) is 0 Å². The summed E-state index contributed by atoms with van der Waals surface area (Å²) in [5.41, 5.74) is 3.93. The number of anilines is 1. The standard InChI is InChI=1S/C23H24N4O2S/c1-2-5-17(6-3-1)21-22(29-16-25-21)18-7-8-19-20(15-18)30-23(26-19)24-9-4-10-27-11-13-28-14-12-27/h1-3,5-8,15-16H,4,9-14H2,(H,24,26). The highest BCUT2D eigenvalue weighted by atomic mass is 32.1. The maximum Gasteiger partial charge on any atom is 0.183 e. The Balaban J connectivity index is 1.27. The van der Waals surface area contributed by atoms with E-state index in [-0.39, 0.29) is 0 Å². The monoisotopic (exact) mass is 420 g/mol. The largest absolute Gasteiger partial charge is 0.443 e. The van der Waals surface area contributed by atoms with Gasteiger partial charge in [0, 0.05) is 30.8 Å². The molecule has 5 rings (SSSR count). The number of nitrogens with zero attached hydrogens (tertiary/aromatic N) is 3. The zero-order valence-corrected chi connectivity index (χ0v) is 17.5. The lowest BCUT2D eigenvalue weighted by Gasteiger charge is -2.26. The summed E-state index contributed by atoms with van der Waals surface area (Å²) in [6.45, 7) is 5.80. The van der Waals surface area contributed by atoms with Crippen LogP contribution in [0.4, 0.5) is 5.13 Å². The Kier molecular flexibility index (Phi) is 5.74. The lowest BCUT2D eigenvalue weighted by Crippen LogP contribution is -2.37. The van der Waals surface area contributed by atoms with Gasteiger partial charge < -0.3 is 14.5 Å². The number of benzene rings is 2. The first kappa shape index (κ1) is 19.2. The van der Waals surface area contributed by atoms with Gasteiger partial charge in [0.15, 0.2) is 17.3 Å². The van der Waals surface area contributed by atoms with Gasteiger partial charge in [-0.25, -0.2) is 9.97 Å². The predicted molar refractivity (Wildman–Crippen MR) is 121 cm³/mol. The topological polar surface area (TPSA) is 63.4 Å². The lowest BCUT2D eigenvalue weighted by molar-refractivity contribution is 0.0378. The van der Waals surface area contributed by atoms with Crippen LogP contribution in [-0.2, 0) is 4.74 Å². The normalized spacial score (nSPS) is 14.9. The third-order valence-electron chi connectivity index (χ3n) is 5.30. The second-order valence-corrected chi connectivity index (χ2v) is 8.36. The first-order chi connectivity index (χ1) is 14.9. The Labute approximate surface area is 179 Å². The van der Waals surface area contributed by atoms with Gasteiger partial charge in [-0.3, -0.25) is 4.90 Å². The van der Waals surface area contributed by atoms with Crippen LogP contribution >= 0.6 is 11.3 Å². The summed E-state index contributed by atoms with van der Waals surface area (Å²) in [5.74, 6) is 0.788. The summed E-state index contributed by atoms with van der Waals surface area (Å²) in [5, 5.41) is 4.44. The van der Waals surface area contributed by atoms with Gasteiger partial charge in [-0.2, -0.15) is 0 Å². The van der Waals surface area contributed by atoms with Gasteiger partial charge >= 0.3 is 0 Å². The van der Waals surface area contributed by atoms with Gasteiger partial charge in [0.1, 0.15) is 5.69 Å². The van der Waals surface area contributed by atoms with Crippen LogP contribution in [0.25, 0.3) is 32.8 Å². The third kappa shape index (κ3) is 4.23. The van der Waals surface area contributed by atoms with E-state index in [0.717, 1.165) is 83.7 Å². The fourth-order valence-electron chi connectivity index (χ4n) is 3.72. The van der Waals surface area contributed by atoms with Crippen molar-refractivity contribution in [1.29, 1.82) is 0 Å². The molecule has 2 aromatic heterocycles. The molecule has 0 amide bonds. The number of thiazole rings is 1. The fourth-order valence-corrected chi connectivity index (χ4v) is 4.65. The summed E-state index contributed by atoms with van der Waals surface area (Å²) in [6.07, 6.45) is 2.61. The van der Waals surface area contributed by atoms with Crippen molar-refractivity contribution in [3.05, 3.63) is 54.9 Å². The molecule has 30 heavy (non-hydrogen) atoms. The van der Waals surface area contributed by atoms with E-state index in [9.17, 15) is 0 Å². The number of oxazole rings is 1. The molecule has 0 bridgehead atoms. The summed E-state index contributed by atoms with van der Waals surface area (Å²) in [6, 6.07) is 16.4. The minimum atomic E-state index is 0.788. The number of aromatic nitrogens is 2. The van der Waals surface area contributed by atoms with Crippen LogP contribution in [0.2, 0.25) is 0 Å². The van der Waals surface area contributed by atoms with E-state index >= 15 is 0 Å². The first-order valence-corrected chi connectivity index (χ1v) is 11.1. The predicted octanol–water partition coefficient (Wildman–Crippen LogP) is 4.75. The number of fused-ring (bicyclic) bond motifs is 1. The molecule has 1 aliphatic heterocycles. The summed E-state index contributed by atoms with van der Waals surface area (Å²) in [4.78, 5) is 11.6. The van der Waals surface area contributed by atoms with Gasteiger partial charge in [-0.05, 0) is 31.2 Å². The lowest BCUT2D eigenvalue weighted by atomic mass is 10.1. The zero-order valence-electron chi connectivity index (χ0n) is 16.7. The second-order valence-electron chi connectivity index (χ2n) is 7.33. The van der Waals surface area contributed by atoms with E-state index in [1.165, 1.54) is 6.39 Å². The summed E-state index contributed by atoms with van der Waals surface area (Å²) in [7, 11) is 0. The van der Waals surface area contributed by atoms with Crippen LogP contribution < -0.4 is 5.32 Å². The zero-order chi connectivity index (χ0) is 20.2. The summed E-state index contributed by atoms with van der Waals surface area (Å²) < 4.78 is 12.3. The van der Waals surface area contributed by atoms with Crippen LogP contribution in [0.1, 0.15) is 6.42 Å². The fraction of sp³-hybridized carbons (Fsp3) is 0.304. The number of nitrogens with one attached hydrogen (secondary N) is 1. The molecule has 1 N–H and O–H groups in total. The maximum absolute atomic E-state index is 5.74. The molecule has 7 heteroatoms. The Morgan fingerprint density at radius 2 is 1.90 bits per heavy atom. The molecule has 0 radical (unpaired) electrons. The van der Waals surface area contributed by atoms with Crippen molar-refractivity contribution in [2.75, 3.05) is 44.7 Å². The van der Waals surface area contributed by atoms with Crippen LogP contribution in [0.15, 0.2) is 59.3 Å². The van der Waals surface area contributed by atoms with E-state index in [1.807, 2.05) is 30.3 Å². The van der Waals surface area contributed by atoms with Crippen molar-refractivity contribution >= 4 is 26.7 Å². The van der Waals surface area contributed by atoms with Gasteiger partial charge in [-0.15, -0.1) is 0 Å². The van der Waals surface area contributed by atoms with Gasteiger partial charge in [0.2, 0.25) is 0 Å². The molecule has 0 spiro atoms. The quantitative estimate of drug-likeness (QED) is 0.435. The number of rotatable bonds is 7. The molecule has 1 saturated heterocycles. The molecule has 1 fully saturated rings. The van der Waals surface area contributed by atoms with Crippen molar-refractivity contribution in [3.63, 3.8) is 0 Å². The number of hydrogen-bond donors (Lipinski definition) is 1. The second kappa shape index (κ2) is 8.95. The summed E-state index contributed by atoms with van der Waals surface area (Å²) >= 11 is 1.68. The minimum absolute atomic E-state index is 0.788. The number of hydrogen-bond acceptors (Lipinski definition) is 7. The molecule has 4 aromatic rings. The van der Waals surface area contributed by atoms with Gasteiger partial charge in [-0.1, -0.05) is 41.7 Å². The Bertz CT molecular complexity index is 1100. The smallest absolute Gasteiger partial charge is 0.183 e. The van der Waals surface area contributed by atoms with Crippen molar-refractivity contribution in [3.8, 4) is 22.6 Å². The van der Waals surface area contributed by atoms with Crippen molar-refractivity contribution in [2.24, 2.45) is 0 Å². The molecule has 3 heterocycles. The van der Waals surface area contributed by atoms with E-state index < -0.39 is 0 Å². The van der Waals surface area contributed by atoms with E-state index in [4.69, 9.17) is 14.1 Å². The molecule has 0 atom stereocenters. The first-order valence-electron chi connectivity index (χ1n) is 10.3. The Hall–Kier alpha value is -2.74. The highest BCUT2D eigenvalue weighted by Gasteiger charge is 2.14. The molecule has 2 aromatic carbocycles. The van der Waals surface area contributed by atoms with Crippen molar-refractivity contribution in [2.45, 2.75) is 6.42 Å². The van der Waals surface area contributed by atoms with Crippen molar-refractivity contribution < 1.29 is 9.15 Å².